The number of carbonyl (C=O) groups excluding carboxylic acids is 2. The van der Waals surface area contributed by atoms with Crippen molar-refractivity contribution in [2.24, 2.45) is 5.10 Å². The summed E-state index contributed by atoms with van der Waals surface area (Å²) in [5, 5.41) is 3.89. The second-order valence-corrected chi connectivity index (χ2v) is 6.04. The number of hydrazone groups is 1. The number of amides is 2. The topological polar surface area (TPSA) is 71.0 Å². The number of carbonyl (C=O) groups is 2. The minimum atomic E-state index is -0.310. The molecule has 1 unspecified atom stereocenters. The predicted molar refractivity (Wildman–Crippen MR) is 85.6 cm³/mol. The van der Waals surface area contributed by atoms with Gasteiger partial charge in [0.1, 0.15) is 11.5 Å². The summed E-state index contributed by atoms with van der Waals surface area (Å²) in [6.45, 7) is 1.52. The molecule has 2 aliphatic heterocycles. The Morgan fingerprint density at radius 3 is 2.75 bits per heavy atom. The number of nitrogens with zero attached hydrogens (tertiary/aromatic N) is 2. The molecule has 128 valence electrons. The van der Waals surface area contributed by atoms with Crippen LogP contribution >= 0.6 is 0 Å². The molecule has 0 spiro atoms. The molecule has 3 rings (SSSR count). The Bertz CT molecular complexity index is 639. The molecule has 1 aromatic rings. The Balaban J connectivity index is 1.74. The van der Waals surface area contributed by atoms with Gasteiger partial charge in [-0.05, 0) is 30.5 Å². The first-order chi connectivity index (χ1) is 11.6. The molecule has 1 saturated heterocycles. The maximum absolute atomic E-state index is 13.1. The first kappa shape index (κ1) is 16.6. The molecule has 0 bridgehead atoms. The summed E-state index contributed by atoms with van der Waals surface area (Å²) >= 11 is 0. The fourth-order valence-corrected chi connectivity index (χ4v) is 2.87. The van der Waals surface area contributed by atoms with Crippen LogP contribution in [0.5, 0.6) is 0 Å². The highest BCUT2D eigenvalue weighted by molar-refractivity contribution is 6.39. The zero-order valence-electron chi connectivity index (χ0n) is 13.3. The van der Waals surface area contributed by atoms with Crippen molar-refractivity contribution in [3.8, 4) is 0 Å². The number of halogens is 1. The van der Waals surface area contributed by atoms with Gasteiger partial charge in [-0.25, -0.2) is 9.82 Å². The molecule has 6 nitrogen and oxygen atoms in total. The number of nitrogens with one attached hydrogen (secondary N) is 1. The summed E-state index contributed by atoms with van der Waals surface area (Å²) in [4.78, 5) is 25.6. The van der Waals surface area contributed by atoms with Crippen molar-refractivity contribution < 1.29 is 18.7 Å². The minimum absolute atomic E-state index is 0.00757. The maximum Gasteiger partial charge on any atom is 0.270 e. The Kier molecular flexibility index (Phi) is 5.20. The highest BCUT2D eigenvalue weighted by atomic mass is 19.1. The zero-order chi connectivity index (χ0) is 16.9. The number of rotatable bonds is 5. The SMILES string of the molecule is O=C1CCC(C(=O)N(Cc2ccc(F)cc2)CC2CCCO2)=NN1. The maximum atomic E-state index is 13.1. The lowest BCUT2D eigenvalue weighted by Crippen LogP contribution is -2.43. The van der Waals surface area contributed by atoms with E-state index in [-0.39, 0.29) is 30.2 Å². The Hall–Kier alpha value is -2.28. The summed E-state index contributed by atoms with van der Waals surface area (Å²) in [6.07, 6.45) is 2.50. The molecule has 2 heterocycles. The van der Waals surface area contributed by atoms with Crippen LogP contribution < -0.4 is 5.43 Å². The Morgan fingerprint density at radius 1 is 1.33 bits per heavy atom. The van der Waals surface area contributed by atoms with Crippen LogP contribution in [0.3, 0.4) is 0 Å². The average molecular weight is 333 g/mol. The molecule has 0 radical (unpaired) electrons. The van der Waals surface area contributed by atoms with Gasteiger partial charge in [0, 0.05) is 32.5 Å². The third kappa shape index (κ3) is 4.17. The molecule has 7 heteroatoms. The van der Waals surface area contributed by atoms with Crippen LogP contribution in [0.2, 0.25) is 0 Å². The van der Waals surface area contributed by atoms with Crippen molar-refractivity contribution in [2.75, 3.05) is 13.2 Å². The molecule has 0 saturated carbocycles. The smallest absolute Gasteiger partial charge is 0.270 e. The first-order valence-electron chi connectivity index (χ1n) is 8.12. The van der Waals surface area contributed by atoms with Gasteiger partial charge in [-0.2, -0.15) is 5.10 Å². The van der Waals surface area contributed by atoms with Crippen molar-refractivity contribution in [3.05, 3.63) is 35.6 Å². The van der Waals surface area contributed by atoms with Crippen molar-refractivity contribution in [1.29, 1.82) is 0 Å². The number of hydrogen-bond donors (Lipinski definition) is 1. The summed E-state index contributed by atoms with van der Waals surface area (Å²) in [7, 11) is 0. The highest BCUT2D eigenvalue weighted by Crippen LogP contribution is 2.17. The summed E-state index contributed by atoms with van der Waals surface area (Å²) in [5.41, 5.74) is 3.53. The van der Waals surface area contributed by atoms with Gasteiger partial charge in [0.25, 0.3) is 5.91 Å². The largest absolute Gasteiger partial charge is 0.376 e. The lowest BCUT2D eigenvalue weighted by molar-refractivity contribution is -0.126. The van der Waals surface area contributed by atoms with Gasteiger partial charge in [0.15, 0.2) is 0 Å². The zero-order valence-corrected chi connectivity index (χ0v) is 13.3. The second-order valence-electron chi connectivity index (χ2n) is 6.04. The average Bonchev–Trinajstić information content (AvgIpc) is 3.09. The molecular weight excluding hydrogens is 313 g/mol. The van der Waals surface area contributed by atoms with Gasteiger partial charge in [-0.1, -0.05) is 12.1 Å². The summed E-state index contributed by atoms with van der Waals surface area (Å²) in [5.74, 6) is -0.708. The summed E-state index contributed by atoms with van der Waals surface area (Å²) < 4.78 is 18.7. The van der Waals surface area contributed by atoms with Crippen LogP contribution in [0.1, 0.15) is 31.2 Å². The molecular formula is C17H20FN3O3. The van der Waals surface area contributed by atoms with Gasteiger partial charge in [0.2, 0.25) is 5.91 Å². The minimum Gasteiger partial charge on any atom is -0.376 e. The van der Waals surface area contributed by atoms with Crippen LogP contribution in [0.25, 0.3) is 0 Å². The number of ether oxygens (including phenoxy) is 1. The van der Waals surface area contributed by atoms with Crippen LogP contribution in [0, 0.1) is 5.82 Å². The van der Waals surface area contributed by atoms with E-state index in [4.69, 9.17) is 4.74 Å². The van der Waals surface area contributed by atoms with Crippen LogP contribution in [0.15, 0.2) is 29.4 Å². The molecule has 24 heavy (non-hydrogen) atoms. The standard InChI is InChI=1S/C17H20FN3O3/c18-13-5-3-12(4-6-13)10-21(11-14-2-1-9-24-14)17(23)15-7-8-16(22)20-19-15/h3-6,14H,1-2,7-11H2,(H,20,22). The van der Waals surface area contributed by atoms with Crippen LogP contribution in [-0.2, 0) is 20.9 Å². The van der Waals surface area contributed by atoms with Crippen molar-refractivity contribution in [3.63, 3.8) is 0 Å². The third-order valence-corrected chi connectivity index (χ3v) is 4.17. The van der Waals surface area contributed by atoms with E-state index in [0.29, 0.717) is 31.8 Å². The second kappa shape index (κ2) is 7.53. The van der Waals surface area contributed by atoms with Crippen LogP contribution in [-0.4, -0.2) is 41.7 Å². The third-order valence-electron chi connectivity index (χ3n) is 4.17. The Labute approximate surface area is 139 Å². The van der Waals surface area contributed by atoms with E-state index in [9.17, 15) is 14.0 Å². The lowest BCUT2D eigenvalue weighted by atomic mass is 10.1. The van der Waals surface area contributed by atoms with E-state index in [1.54, 1.807) is 17.0 Å². The molecule has 1 fully saturated rings. The fourth-order valence-electron chi connectivity index (χ4n) is 2.87. The van der Waals surface area contributed by atoms with Crippen molar-refractivity contribution >= 4 is 17.5 Å². The molecule has 1 N–H and O–H groups in total. The Morgan fingerprint density at radius 2 is 2.12 bits per heavy atom. The van der Waals surface area contributed by atoms with Gasteiger partial charge in [-0.3, -0.25) is 9.59 Å². The molecule has 2 amide bonds. The van der Waals surface area contributed by atoms with Crippen LogP contribution in [0.4, 0.5) is 4.39 Å². The number of hydrogen-bond acceptors (Lipinski definition) is 4. The summed E-state index contributed by atoms with van der Waals surface area (Å²) in [6, 6.07) is 6.08. The predicted octanol–water partition coefficient (Wildman–Crippen LogP) is 1.60. The van der Waals surface area contributed by atoms with Gasteiger partial charge in [-0.15, -0.1) is 0 Å². The van der Waals surface area contributed by atoms with Crippen molar-refractivity contribution in [1.82, 2.24) is 10.3 Å². The highest BCUT2D eigenvalue weighted by Gasteiger charge is 2.27. The monoisotopic (exact) mass is 333 g/mol. The van der Waals surface area contributed by atoms with E-state index in [1.807, 2.05) is 0 Å². The first-order valence-corrected chi connectivity index (χ1v) is 8.12. The number of benzene rings is 1. The quantitative estimate of drug-likeness (QED) is 0.890. The molecule has 1 atom stereocenters. The molecule has 0 aliphatic carbocycles. The van der Waals surface area contributed by atoms with E-state index in [0.717, 1.165) is 18.4 Å². The fraction of sp³-hybridized carbons (Fsp3) is 0.471. The molecule has 2 aliphatic rings. The van der Waals surface area contributed by atoms with E-state index in [1.165, 1.54) is 12.1 Å². The van der Waals surface area contributed by atoms with Gasteiger partial charge in [0.05, 0.1) is 6.10 Å². The molecule has 0 aromatic heterocycles. The van der Waals surface area contributed by atoms with Crippen molar-refractivity contribution in [2.45, 2.75) is 38.3 Å². The normalized spacial score (nSPS) is 20.5. The van der Waals surface area contributed by atoms with E-state index in [2.05, 4.69) is 10.5 Å². The molecule has 1 aromatic carbocycles. The van der Waals surface area contributed by atoms with E-state index >= 15 is 0 Å². The van der Waals surface area contributed by atoms with Gasteiger partial charge >= 0.3 is 0 Å². The lowest BCUT2D eigenvalue weighted by Gasteiger charge is -2.27. The van der Waals surface area contributed by atoms with Gasteiger partial charge < -0.3 is 9.64 Å². The van der Waals surface area contributed by atoms with E-state index < -0.39 is 0 Å².